The summed E-state index contributed by atoms with van der Waals surface area (Å²) in [5.74, 6) is -1.94. The van der Waals surface area contributed by atoms with Crippen LogP contribution in [0.4, 0.5) is 0 Å². The third kappa shape index (κ3) is 2.79. The maximum Gasteiger partial charge on any atom is 0.339 e. The molecule has 7 heteroatoms. The van der Waals surface area contributed by atoms with Crippen LogP contribution < -0.4 is 0 Å². The van der Waals surface area contributed by atoms with Gasteiger partial charge in [0.25, 0.3) is 0 Å². The molecule has 0 aromatic heterocycles. The van der Waals surface area contributed by atoms with E-state index in [0.29, 0.717) is 34.1 Å². The van der Waals surface area contributed by atoms with E-state index >= 15 is 0 Å². The number of aliphatic hydroxyl groups is 1. The summed E-state index contributed by atoms with van der Waals surface area (Å²) >= 11 is 6.37. The van der Waals surface area contributed by atoms with E-state index in [9.17, 15) is 14.7 Å². The number of ether oxygens (including phenoxy) is 2. The molecule has 2 aliphatic rings. The third-order valence-electron chi connectivity index (χ3n) is 4.64. The molecule has 1 aromatic rings. The SMILES string of the molecule is CCOC(=O)C1=C(C)N(CC)C2=C(C(=O)OC2O)C1c1ccccc1Cl. The molecule has 1 aromatic carbocycles. The molecule has 0 spiro atoms. The Morgan fingerprint density at radius 2 is 2.04 bits per heavy atom. The van der Waals surface area contributed by atoms with Crippen molar-refractivity contribution in [3.8, 4) is 0 Å². The summed E-state index contributed by atoms with van der Waals surface area (Å²) in [5, 5.41) is 10.7. The van der Waals surface area contributed by atoms with Gasteiger partial charge in [-0.3, -0.25) is 0 Å². The first-order valence-electron chi connectivity index (χ1n) is 8.45. The summed E-state index contributed by atoms with van der Waals surface area (Å²) < 4.78 is 10.3. The molecule has 138 valence electrons. The molecule has 2 aliphatic heterocycles. The van der Waals surface area contributed by atoms with Crippen molar-refractivity contribution in [3.63, 3.8) is 0 Å². The zero-order chi connectivity index (χ0) is 19.0. The lowest BCUT2D eigenvalue weighted by molar-refractivity contribution is -0.153. The number of allylic oxidation sites excluding steroid dienone is 1. The Kier molecular flexibility index (Phi) is 5.07. The van der Waals surface area contributed by atoms with Crippen LogP contribution in [0.1, 0.15) is 32.3 Å². The van der Waals surface area contributed by atoms with Crippen LogP contribution in [0.25, 0.3) is 0 Å². The number of hydrogen-bond acceptors (Lipinski definition) is 6. The smallest absolute Gasteiger partial charge is 0.339 e. The predicted octanol–water partition coefficient (Wildman–Crippen LogP) is 2.73. The van der Waals surface area contributed by atoms with Crippen LogP contribution in [0.2, 0.25) is 5.02 Å². The van der Waals surface area contributed by atoms with E-state index < -0.39 is 24.1 Å². The quantitative estimate of drug-likeness (QED) is 0.813. The van der Waals surface area contributed by atoms with Crippen molar-refractivity contribution < 1.29 is 24.2 Å². The van der Waals surface area contributed by atoms with E-state index in [2.05, 4.69) is 0 Å². The molecule has 2 heterocycles. The van der Waals surface area contributed by atoms with Crippen LogP contribution in [0, 0.1) is 0 Å². The number of rotatable bonds is 4. The number of carbonyl (C=O) groups is 2. The van der Waals surface area contributed by atoms with E-state index in [0.717, 1.165) is 0 Å². The molecule has 6 nitrogen and oxygen atoms in total. The van der Waals surface area contributed by atoms with Crippen molar-refractivity contribution in [2.24, 2.45) is 0 Å². The molecule has 26 heavy (non-hydrogen) atoms. The average Bonchev–Trinajstić information content (AvgIpc) is 2.89. The summed E-state index contributed by atoms with van der Waals surface area (Å²) in [7, 11) is 0. The molecule has 0 saturated heterocycles. The Balaban J connectivity index is 2.28. The van der Waals surface area contributed by atoms with E-state index in [1.165, 1.54) is 0 Å². The van der Waals surface area contributed by atoms with E-state index in [1.807, 2.05) is 6.92 Å². The summed E-state index contributed by atoms with van der Waals surface area (Å²) in [4.78, 5) is 27.0. The van der Waals surface area contributed by atoms with Gasteiger partial charge in [-0.15, -0.1) is 0 Å². The molecule has 0 saturated carbocycles. The van der Waals surface area contributed by atoms with Crippen molar-refractivity contribution in [2.75, 3.05) is 13.2 Å². The fraction of sp³-hybridized carbons (Fsp3) is 0.368. The Labute approximate surface area is 156 Å². The van der Waals surface area contributed by atoms with Crippen molar-refractivity contribution in [1.29, 1.82) is 0 Å². The minimum atomic E-state index is -1.37. The molecule has 0 fully saturated rings. The van der Waals surface area contributed by atoms with Crippen LogP contribution in [0.5, 0.6) is 0 Å². The number of carbonyl (C=O) groups excluding carboxylic acids is 2. The second kappa shape index (κ2) is 7.13. The third-order valence-corrected chi connectivity index (χ3v) is 4.98. The predicted molar refractivity (Wildman–Crippen MR) is 95.0 cm³/mol. The van der Waals surface area contributed by atoms with E-state index in [1.54, 1.807) is 43.0 Å². The topological polar surface area (TPSA) is 76.1 Å². The molecular weight excluding hydrogens is 358 g/mol. The van der Waals surface area contributed by atoms with Crippen LogP contribution >= 0.6 is 11.6 Å². The normalized spacial score (nSPS) is 22.5. The Hall–Kier alpha value is -2.31. The number of aliphatic hydroxyl groups excluding tert-OH is 1. The van der Waals surface area contributed by atoms with Crippen molar-refractivity contribution in [3.05, 3.63) is 57.4 Å². The Morgan fingerprint density at radius 1 is 1.35 bits per heavy atom. The number of benzene rings is 1. The van der Waals surface area contributed by atoms with Gasteiger partial charge in [0.1, 0.15) is 0 Å². The maximum atomic E-state index is 12.8. The molecule has 0 radical (unpaired) electrons. The minimum absolute atomic E-state index is 0.204. The summed E-state index contributed by atoms with van der Waals surface area (Å²) in [6, 6.07) is 7.00. The molecule has 3 rings (SSSR count). The van der Waals surface area contributed by atoms with Gasteiger partial charge in [-0.2, -0.15) is 0 Å². The van der Waals surface area contributed by atoms with Gasteiger partial charge in [-0.1, -0.05) is 29.8 Å². The lowest BCUT2D eigenvalue weighted by atomic mass is 9.80. The number of nitrogens with zero attached hydrogens (tertiary/aromatic N) is 1. The van der Waals surface area contributed by atoms with Gasteiger partial charge < -0.3 is 19.5 Å². The zero-order valence-electron chi connectivity index (χ0n) is 14.8. The molecule has 1 N–H and O–H groups in total. The summed E-state index contributed by atoms with van der Waals surface area (Å²) in [5.41, 5.74) is 2.10. The highest BCUT2D eigenvalue weighted by Gasteiger charge is 2.48. The van der Waals surface area contributed by atoms with Crippen LogP contribution in [0.15, 0.2) is 46.8 Å². The zero-order valence-corrected chi connectivity index (χ0v) is 15.5. The van der Waals surface area contributed by atoms with Crippen molar-refractivity contribution in [1.82, 2.24) is 4.90 Å². The molecule has 0 amide bonds. The van der Waals surface area contributed by atoms with Crippen LogP contribution in [0.3, 0.4) is 0 Å². The molecule has 2 unspecified atom stereocenters. The molecule has 0 aliphatic carbocycles. The first-order valence-corrected chi connectivity index (χ1v) is 8.83. The van der Waals surface area contributed by atoms with Crippen LogP contribution in [-0.4, -0.2) is 41.4 Å². The number of likely N-dealkylation sites (N-methyl/N-ethyl adjacent to an activating group) is 1. The van der Waals surface area contributed by atoms with Crippen molar-refractivity contribution in [2.45, 2.75) is 33.0 Å². The first-order chi connectivity index (χ1) is 12.4. The van der Waals surface area contributed by atoms with Gasteiger partial charge >= 0.3 is 11.9 Å². The molecule has 0 bridgehead atoms. The Morgan fingerprint density at radius 3 is 2.65 bits per heavy atom. The fourth-order valence-corrected chi connectivity index (χ4v) is 3.83. The monoisotopic (exact) mass is 377 g/mol. The standard InChI is InChI=1S/C19H20ClNO5/c1-4-21-10(3)13(17(22)25-5-2)14(11-8-6-7-9-12(11)20)15-16(21)19(24)26-18(15)23/h6-9,14,19,24H,4-5H2,1-3H3. The highest BCUT2D eigenvalue weighted by molar-refractivity contribution is 6.31. The maximum absolute atomic E-state index is 12.8. The lowest BCUT2D eigenvalue weighted by Gasteiger charge is -2.35. The van der Waals surface area contributed by atoms with Crippen LogP contribution in [-0.2, 0) is 19.1 Å². The average molecular weight is 378 g/mol. The number of cyclic esters (lactones) is 1. The summed E-state index contributed by atoms with van der Waals surface area (Å²) in [6.45, 7) is 6.00. The van der Waals surface area contributed by atoms with Gasteiger partial charge in [0.05, 0.1) is 29.4 Å². The first kappa shape index (κ1) is 18.5. The van der Waals surface area contributed by atoms with Gasteiger partial charge in [0, 0.05) is 17.3 Å². The van der Waals surface area contributed by atoms with Gasteiger partial charge in [-0.05, 0) is 32.4 Å². The minimum Gasteiger partial charge on any atom is -0.463 e. The number of hydrogen-bond donors (Lipinski definition) is 1. The molecule has 2 atom stereocenters. The van der Waals surface area contributed by atoms with Gasteiger partial charge in [0.15, 0.2) is 0 Å². The molecular formula is C19H20ClNO5. The highest BCUT2D eigenvalue weighted by Crippen LogP contribution is 2.47. The Bertz CT molecular complexity index is 829. The van der Waals surface area contributed by atoms with E-state index in [-0.39, 0.29) is 12.2 Å². The van der Waals surface area contributed by atoms with Gasteiger partial charge in [0.2, 0.25) is 6.29 Å². The fourth-order valence-electron chi connectivity index (χ4n) is 3.58. The van der Waals surface area contributed by atoms with E-state index in [4.69, 9.17) is 21.1 Å². The number of halogens is 1. The summed E-state index contributed by atoms with van der Waals surface area (Å²) in [6.07, 6.45) is -1.37. The second-order valence-electron chi connectivity index (χ2n) is 5.97. The number of esters is 2. The lowest BCUT2D eigenvalue weighted by Crippen LogP contribution is -2.35. The van der Waals surface area contributed by atoms with Crippen molar-refractivity contribution >= 4 is 23.5 Å². The van der Waals surface area contributed by atoms with Gasteiger partial charge in [-0.25, -0.2) is 9.59 Å². The second-order valence-corrected chi connectivity index (χ2v) is 6.38. The highest BCUT2D eigenvalue weighted by atomic mass is 35.5. The largest absolute Gasteiger partial charge is 0.463 e.